The first kappa shape index (κ1) is 11.4. The zero-order valence-corrected chi connectivity index (χ0v) is 23.9. The molecule has 0 amide bonds. The maximum absolute atomic E-state index is 9.63. The molecule has 0 aliphatic rings. The molecule has 0 saturated carbocycles. The fourth-order valence-corrected chi connectivity index (χ4v) is 4.99. The molecule has 9 rings (SSSR count). The molecule has 0 fully saturated rings. The van der Waals surface area contributed by atoms with Crippen LogP contribution in [0.25, 0.3) is 88.7 Å². The number of aromatic nitrogens is 3. The van der Waals surface area contributed by atoms with Crippen LogP contribution in [-0.4, -0.2) is 15.0 Å². The molecular weight excluding hydrogens is 583 g/mol. The zero-order chi connectivity index (χ0) is 56.2. The number of rotatable bonds is 5. The van der Waals surface area contributed by atoms with Crippen molar-refractivity contribution in [2.45, 2.75) is 0 Å². The molecule has 3 heteroatoms. The van der Waals surface area contributed by atoms with E-state index in [9.17, 15) is 5.48 Å². The van der Waals surface area contributed by atoms with E-state index in [1.54, 1.807) is 0 Å². The quantitative estimate of drug-likeness (QED) is 0.176. The molecule has 0 saturated heterocycles. The van der Waals surface area contributed by atoms with E-state index in [1.165, 1.54) is 0 Å². The summed E-state index contributed by atoms with van der Waals surface area (Å²) in [4.78, 5) is 12.6. The standard InChI is InChI=1S/C45H29N3/c1-3-13-30(14-4-1)43-46-44(31-15-5-2-6-16-31)48-45(47-43)36-20-12-19-34(28-36)32-17-11-18-33(27-32)35-25-26-41-39-23-8-7-21-37(39)38-22-9-10-24-40(38)42(41)29-35/h1-29H/i1D,2D,3D,4D,5D,6D,7D,8D,9D,10D,11D,12D,13D,14D,15D,16D,17D,18D,19D,20D,21D,22D,23D,24D,25D,26D,27D,28D. The van der Waals surface area contributed by atoms with E-state index in [0.29, 0.717) is 0 Å². The van der Waals surface area contributed by atoms with Crippen LogP contribution in [0.5, 0.6) is 0 Å². The third-order valence-electron chi connectivity index (χ3n) is 7.10. The molecule has 8 aromatic carbocycles. The van der Waals surface area contributed by atoms with Crippen molar-refractivity contribution >= 4 is 32.3 Å². The highest BCUT2D eigenvalue weighted by Crippen LogP contribution is 2.38. The molecule has 9 aromatic rings. The van der Waals surface area contributed by atoms with Crippen LogP contribution >= 0.6 is 0 Å². The molecular formula is C45H29N3. The van der Waals surface area contributed by atoms with E-state index in [4.69, 9.17) is 32.9 Å². The second-order valence-electron chi connectivity index (χ2n) is 9.90. The van der Waals surface area contributed by atoms with Crippen LogP contribution in [0.15, 0.2) is 175 Å². The first-order chi connectivity index (χ1) is 35.4. The Morgan fingerprint density at radius 2 is 0.625 bits per heavy atom. The molecule has 0 spiro atoms. The van der Waals surface area contributed by atoms with Gasteiger partial charge in [-0.2, -0.15) is 0 Å². The SMILES string of the molecule is [2H]c1c([2H])c([2H])c(-c2nc(-c3c([2H])c([2H])c([2H])c([2H])c3[2H])nc(-c3c([2H])c([2H])c([2H])c(-c4c([2H])c([2H])c([2H])c(-c5cc6c(c([2H])c5[2H])c5c([2H])c([2H])c([2H])c([2H])c5c5c([2H])c([2H])c([2H])c([2H])c65)c4[2H])c3[2H])n2)c([2H])c1[2H]. The Hall–Kier alpha value is -6.45. The maximum Gasteiger partial charge on any atom is 0.164 e. The summed E-state index contributed by atoms with van der Waals surface area (Å²) in [6, 6.07) is -23.8. The Balaban J connectivity index is 1.41. The molecule has 0 bridgehead atoms. The van der Waals surface area contributed by atoms with Crippen molar-refractivity contribution in [1.29, 1.82) is 0 Å². The lowest BCUT2D eigenvalue weighted by Gasteiger charge is -2.13. The molecule has 0 aliphatic carbocycles. The third-order valence-corrected chi connectivity index (χ3v) is 7.10. The van der Waals surface area contributed by atoms with Crippen molar-refractivity contribution in [2.24, 2.45) is 0 Å². The number of hydrogen-bond acceptors (Lipinski definition) is 3. The van der Waals surface area contributed by atoms with Gasteiger partial charge in [0.15, 0.2) is 17.5 Å². The molecule has 0 radical (unpaired) electrons. The van der Waals surface area contributed by atoms with E-state index in [-0.39, 0.29) is 5.39 Å². The summed E-state index contributed by atoms with van der Waals surface area (Å²) >= 11 is 0. The average molecular weight is 640 g/mol. The van der Waals surface area contributed by atoms with Gasteiger partial charge in [-0.25, -0.2) is 15.0 Å². The molecule has 0 aliphatic heterocycles. The summed E-state index contributed by atoms with van der Waals surface area (Å²) in [5.74, 6) is -2.55. The molecule has 48 heavy (non-hydrogen) atoms. The van der Waals surface area contributed by atoms with Gasteiger partial charge in [0, 0.05) is 16.7 Å². The van der Waals surface area contributed by atoms with Crippen LogP contribution < -0.4 is 0 Å². The van der Waals surface area contributed by atoms with Crippen molar-refractivity contribution in [1.82, 2.24) is 15.0 Å². The minimum Gasteiger partial charge on any atom is -0.208 e. The van der Waals surface area contributed by atoms with Gasteiger partial charge in [-0.1, -0.05) is 157 Å². The highest BCUT2D eigenvalue weighted by Gasteiger charge is 2.14. The van der Waals surface area contributed by atoms with Crippen LogP contribution in [-0.2, 0) is 0 Å². The Morgan fingerprint density at radius 1 is 0.271 bits per heavy atom. The summed E-state index contributed by atoms with van der Waals surface area (Å²) < 4.78 is 246. The van der Waals surface area contributed by atoms with Crippen molar-refractivity contribution in [2.75, 3.05) is 0 Å². The fraction of sp³-hybridized carbons (Fsp3) is 0. The van der Waals surface area contributed by atoms with Crippen molar-refractivity contribution in [3.8, 4) is 56.4 Å². The fourth-order valence-electron chi connectivity index (χ4n) is 4.99. The minimum atomic E-state index is -1.06. The van der Waals surface area contributed by atoms with Gasteiger partial charge < -0.3 is 0 Å². The van der Waals surface area contributed by atoms with Gasteiger partial charge in [0.1, 0.15) is 0 Å². The zero-order valence-electron chi connectivity index (χ0n) is 51.9. The molecule has 1 heterocycles. The Kier molecular flexibility index (Phi) is 2.78. The number of benzene rings is 8. The van der Waals surface area contributed by atoms with Crippen LogP contribution in [0.1, 0.15) is 38.4 Å². The molecule has 3 nitrogen and oxygen atoms in total. The first-order valence-corrected chi connectivity index (χ1v) is 13.9. The predicted molar refractivity (Wildman–Crippen MR) is 200 cm³/mol. The Morgan fingerprint density at radius 3 is 1.15 bits per heavy atom. The largest absolute Gasteiger partial charge is 0.208 e. The van der Waals surface area contributed by atoms with Crippen LogP contribution in [0.3, 0.4) is 0 Å². The van der Waals surface area contributed by atoms with Gasteiger partial charge in [0.2, 0.25) is 0 Å². The summed E-state index contributed by atoms with van der Waals surface area (Å²) in [5.41, 5.74) is -5.39. The third kappa shape index (κ3) is 4.99. The van der Waals surface area contributed by atoms with Crippen LogP contribution in [0, 0.1) is 0 Å². The maximum atomic E-state index is 9.63. The summed E-state index contributed by atoms with van der Waals surface area (Å²) in [6.45, 7) is 0. The van der Waals surface area contributed by atoms with Crippen LogP contribution in [0.4, 0.5) is 0 Å². The second-order valence-corrected chi connectivity index (χ2v) is 9.90. The van der Waals surface area contributed by atoms with Gasteiger partial charge in [0.25, 0.3) is 0 Å². The van der Waals surface area contributed by atoms with Gasteiger partial charge in [-0.3, -0.25) is 0 Å². The lowest BCUT2D eigenvalue weighted by molar-refractivity contribution is 1.07. The molecule has 0 unspecified atom stereocenters. The summed E-state index contributed by atoms with van der Waals surface area (Å²) in [5, 5.41) is -2.33. The lowest BCUT2D eigenvalue weighted by atomic mass is 9.91. The molecule has 0 N–H and O–H groups in total. The second kappa shape index (κ2) is 11.7. The smallest absolute Gasteiger partial charge is 0.164 e. The monoisotopic (exact) mass is 639 g/mol. The molecule has 0 atom stereocenters. The van der Waals surface area contributed by atoms with Crippen LogP contribution in [0.2, 0.25) is 0 Å². The first-order valence-electron chi connectivity index (χ1n) is 27.9. The van der Waals surface area contributed by atoms with E-state index in [1.807, 2.05) is 0 Å². The van der Waals surface area contributed by atoms with E-state index >= 15 is 0 Å². The predicted octanol–water partition coefficient (Wildman–Crippen LogP) is 11.7. The molecule has 1 aromatic heterocycles. The van der Waals surface area contributed by atoms with Crippen molar-refractivity contribution in [3.63, 3.8) is 0 Å². The van der Waals surface area contributed by atoms with Gasteiger partial charge in [-0.05, 0) is 72.7 Å². The van der Waals surface area contributed by atoms with Gasteiger partial charge in [0.05, 0.1) is 38.4 Å². The minimum absolute atomic E-state index is 0.325. The topological polar surface area (TPSA) is 38.7 Å². The van der Waals surface area contributed by atoms with E-state index in [2.05, 4.69) is 15.0 Å². The summed E-state index contributed by atoms with van der Waals surface area (Å²) in [6.07, 6.45) is 0. The summed E-state index contributed by atoms with van der Waals surface area (Å²) in [7, 11) is 0. The Bertz CT molecular complexity index is 4030. The van der Waals surface area contributed by atoms with Gasteiger partial charge >= 0.3 is 0 Å². The lowest BCUT2D eigenvalue weighted by Crippen LogP contribution is -2.00. The van der Waals surface area contributed by atoms with E-state index in [0.717, 1.165) is 6.07 Å². The van der Waals surface area contributed by atoms with E-state index < -0.39 is 253 Å². The van der Waals surface area contributed by atoms with Gasteiger partial charge in [-0.15, -0.1) is 0 Å². The molecule has 224 valence electrons. The Labute approximate surface area is 318 Å². The average Bonchev–Trinajstić information content (AvgIpc) is 3.48. The highest BCUT2D eigenvalue weighted by molar-refractivity contribution is 6.25. The normalized spacial score (nSPS) is 19.5. The highest BCUT2D eigenvalue weighted by atomic mass is 15.0. The number of nitrogens with zero attached hydrogens (tertiary/aromatic N) is 3. The number of hydrogen-bond donors (Lipinski definition) is 0. The van der Waals surface area contributed by atoms with Crippen molar-refractivity contribution < 1.29 is 38.4 Å². The van der Waals surface area contributed by atoms with Crippen molar-refractivity contribution in [3.05, 3.63) is 175 Å². The number of fused-ring (bicyclic) bond motifs is 6.